The van der Waals surface area contributed by atoms with Crippen molar-refractivity contribution < 1.29 is 18.0 Å². The minimum Gasteiger partial charge on any atom is -0.346 e. The maximum atomic E-state index is 13.7. The van der Waals surface area contributed by atoms with E-state index in [2.05, 4.69) is 34.5 Å². The summed E-state index contributed by atoms with van der Waals surface area (Å²) >= 11 is 0. The average Bonchev–Trinajstić information content (AvgIpc) is 3.23. The third kappa shape index (κ3) is 5.03. The lowest BCUT2D eigenvalue weighted by Gasteiger charge is -2.32. The zero-order valence-electron chi connectivity index (χ0n) is 20.9. The van der Waals surface area contributed by atoms with Gasteiger partial charge in [0.05, 0.1) is 0 Å². The quantitative estimate of drug-likeness (QED) is 0.233. The van der Waals surface area contributed by atoms with Crippen molar-refractivity contribution in [2.24, 2.45) is 0 Å². The summed E-state index contributed by atoms with van der Waals surface area (Å²) < 4.78 is 39.4. The molecule has 0 heterocycles. The van der Waals surface area contributed by atoms with Gasteiger partial charge >= 0.3 is 6.18 Å². The summed E-state index contributed by atoms with van der Waals surface area (Å²) in [5.41, 5.74) is 4.29. The van der Waals surface area contributed by atoms with Crippen molar-refractivity contribution >= 4 is 17.3 Å². The number of hydrogen-bond acceptors (Lipinski definition) is 2. The Morgan fingerprint density at radius 1 is 0.684 bits per heavy atom. The molecular weight excluding hydrogens is 485 g/mol. The van der Waals surface area contributed by atoms with Crippen molar-refractivity contribution in [1.82, 2.24) is 5.32 Å². The molecule has 38 heavy (non-hydrogen) atoms. The van der Waals surface area contributed by atoms with Gasteiger partial charge in [-0.2, -0.15) is 13.2 Å². The molecule has 1 aliphatic rings. The molecule has 0 atom stereocenters. The lowest BCUT2D eigenvalue weighted by Crippen LogP contribution is -2.47. The zero-order valence-corrected chi connectivity index (χ0v) is 20.9. The highest BCUT2D eigenvalue weighted by Gasteiger charge is 2.49. The van der Waals surface area contributed by atoms with E-state index in [9.17, 15) is 18.0 Å². The summed E-state index contributed by atoms with van der Waals surface area (Å²) in [6, 6.07) is 35.3. The van der Waals surface area contributed by atoms with Crippen molar-refractivity contribution in [3.8, 4) is 11.1 Å². The standard InChI is InChI=1S/C32H29F3N2O/c33-32(34,35)23-36-30(38)31(28-19-9-7-17-26(28)27-18-8-10-20-29(27)31)21-11-12-22-37(24-13-3-1-4-14-24)25-15-5-2-6-16-25/h1-10,13-20H,11-12,21-23H2,(H,36,38). The molecule has 0 bridgehead atoms. The number of unbranched alkanes of at least 4 members (excludes halogenated alkanes) is 1. The van der Waals surface area contributed by atoms with Crippen molar-refractivity contribution in [2.75, 3.05) is 18.0 Å². The third-order valence-corrected chi connectivity index (χ3v) is 7.22. The molecule has 1 N–H and O–H groups in total. The van der Waals surface area contributed by atoms with Crippen LogP contribution in [0.3, 0.4) is 0 Å². The number of nitrogens with one attached hydrogen (secondary N) is 1. The number of para-hydroxylation sites is 2. The fourth-order valence-corrected chi connectivity index (χ4v) is 5.57. The largest absolute Gasteiger partial charge is 0.405 e. The monoisotopic (exact) mass is 514 g/mol. The molecule has 194 valence electrons. The van der Waals surface area contributed by atoms with Crippen LogP contribution in [0.25, 0.3) is 11.1 Å². The van der Waals surface area contributed by atoms with Gasteiger partial charge in [-0.25, -0.2) is 0 Å². The molecule has 4 aromatic rings. The first kappa shape index (κ1) is 25.6. The number of carbonyl (C=O) groups excluding carboxylic acids is 1. The predicted molar refractivity (Wildman–Crippen MR) is 145 cm³/mol. The number of alkyl halides is 3. The highest BCUT2D eigenvalue weighted by molar-refractivity contribution is 6.00. The van der Waals surface area contributed by atoms with Crippen LogP contribution in [0, 0.1) is 0 Å². The van der Waals surface area contributed by atoms with Gasteiger partial charge in [0.15, 0.2) is 0 Å². The normalized spacial score (nSPS) is 13.4. The van der Waals surface area contributed by atoms with Gasteiger partial charge in [0.2, 0.25) is 5.91 Å². The van der Waals surface area contributed by atoms with Crippen LogP contribution in [0.1, 0.15) is 30.4 Å². The van der Waals surface area contributed by atoms with Crippen molar-refractivity contribution in [3.63, 3.8) is 0 Å². The Balaban J connectivity index is 1.43. The van der Waals surface area contributed by atoms with Crippen LogP contribution in [0.5, 0.6) is 0 Å². The summed E-state index contributed by atoms with van der Waals surface area (Å²) in [6.45, 7) is -0.648. The van der Waals surface area contributed by atoms with Crippen LogP contribution in [0.4, 0.5) is 24.5 Å². The van der Waals surface area contributed by atoms with E-state index in [0.29, 0.717) is 19.4 Å². The molecule has 5 rings (SSSR count). The zero-order chi connectivity index (χ0) is 26.6. The fourth-order valence-electron chi connectivity index (χ4n) is 5.57. The third-order valence-electron chi connectivity index (χ3n) is 7.22. The summed E-state index contributed by atoms with van der Waals surface area (Å²) in [5, 5.41) is 2.21. The smallest absolute Gasteiger partial charge is 0.346 e. The first-order chi connectivity index (χ1) is 18.4. The maximum Gasteiger partial charge on any atom is 0.405 e. The molecule has 6 heteroatoms. The lowest BCUT2D eigenvalue weighted by atomic mass is 9.73. The second kappa shape index (κ2) is 10.7. The van der Waals surface area contributed by atoms with E-state index in [-0.39, 0.29) is 0 Å². The molecule has 1 aliphatic carbocycles. The SMILES string of the molecule is O=C(NCC(F)(F)F)C1(CCCCN(c2ccccc2)c2ccccc2)c2ccccc2-c2ccccc21. The van der Waals surface area contributed by atoms with E-state index >= 15 is 0 Å². The van der Waals surface area contributed by atoms with Gasteiger partial charge in [0.1, 0.15) is 12.0 Å². The van der Waals surface area contributed by atoms with E-state index < -0.39 is 24.0 Å². The average molecular weight is 515 g/mol. The number of hydrogen-bond donors (Lipinski definition) is 1. The van der Waals surface area contributed by atoms with E-state index in [1.54, 1.807) is 0 Å². The van der Waals surface area contributed by atoms with Crippen LogP contribution < -0.4 is 10.2 Å². The van der Waals surface area contributed by atoms with Crippen LogP contribution in [0.2, 0.25) is 0 Å². The minimum atomic E-state index is -4.49. The molecule has 4 aromatic carbocycles. The predicted octanol–water partition coefficient (Wildman–Crippen LogP) is 7.64. The van der Waals surface area contributed by atoms with Crippen molar-refractivity contribution in [1.29, 1.82) is 0 Å². The van der Waals surface area contributed by atoms with E-state index in [0.717, 1.165) is 40.0 Å². The molecule has 0 aliphatic heterocycles. The Bertz CT molecular complexity index is 1300. The number of halogens is 3. The van der Waals surface area contributed by atoms with Gasteiger partial charge < -0.3 is 10.2 Å². The molecule has 0 fully saturated rings. The highest BCUT2D eigenvalue weighted by atomic mass is 19.4. The van der Waals surface area contributed by atoms with Crippen LogP contribution in [-0.2, 0) is 10.2 Å². The summed E-state index contributed by atoms with van der Waals surface area (Å²) in [4.78, 5) is 15.9. The Morgan fingerprint density at radius 3 is 1.66 bits per heavy atom. The van der Waals surface area contributed by atoms with Crippen LogP contribution >= 0.6 is 0 Å². The molecule has 0 radical (unpaired) electrons. The summed E-state index contributed by atoms with van der Waals surface area (Å²) in [7, 11) is 0. The fraction of sp³-hybridized carbons (Fsp3) is 0.219. The maximum absolute atomic E-state index is 13.7. The van der Waals surface area contributed by atoms with E-state index in [1.807, 2.05) is 84.9 Å². The Morgan fingerprint density at radius 2 is 1.16 bits per heavy atom. The molecule has 3 nitrogen and oxygen atoms in total. The Labute approximate surface area is 220 Å². The molecule has 0 aromatic heterocycles. The lowest BCUT2D eigenvalue weighted by molar-refractivity contribution is -0.141. The van der Waals surface area contributed by atoms with Crippen molar-refractivity contribution in [3.05, 3.63) is 120 Å². The second-order valence-electron chi connectivity index (χ2n) is 9.57. The number of nitrogens with zero attached hydrogens (tertiary/aromatic N) is 1. The van der Waals surface area contributed by atoms with E-state index in [4.69, 9.17) is 0 Å². The van der Waals surface area contributed by atoms with Gasteiger partial charge in [-0.1, -0.05) is 84.9 Å². The molecule has 0 saturated carbocycles. The van der Waals surface area contributed by atoms with Gasteiger partial charge in [-0.15, -0.1) is 0 Å². The number of anilines is 2. The Kier molecular flexibility index (Phi) is 7.23. The first-order valence-electron chi connectivity index (χ1n) is 12.8. The number of benzene rings is 4. The second-order valence-corrected chi connectivity index (χ2v) is 9.57. The highest BCUT2D eigenvalue weighted by Crippen LogP contribution is 2.51. The number of amides is 1. The molecule has 0 spiro atoms. The minimum absolute atomic E-state index is 0.405. The van der Waals surface area contributed by atoms with Crippen LogP contribution in [0.15, 0.2) is 109 Å². The van der Waals surface area contributed by atoms with Crippen molar-refractivity contribution in [2.45, 2.75) is 30.9 Å². The number of carbonyl (C=O) groups is 1. The Hall–Kier alpha value is -4.06. The summed E-state index contributed by atoms with van der Waals surface area (Å²) in [6.07, 6.45) is -2.68. The van der Waals surface area contributed by atoms with Gasteiger partial charge in [0.25, 0.3) is 0 Å². The summed E-state index contributed by atoms with van der Waals surface area (Å²) in [5.74, 6) is -0.602. The first-order valence-corrected chi connectivity index (χ1v) is 12.8. The number of rotatable bonds is 9. The van der Waals surface area contributed by atoms with Crippen LogP contribution in [-0.4, -0.2) is 25.2 Å². The van der Waals surface area contributed by atoms with E-state index in [1.165, 1.54) is 0 Å². The molecule has 1 amide bonds. The molecule has 0 saturated heterocycles. The molecular formula is C32H29F3N2O. The topological polar surface area (TPSA) is 32.3 Å². The van der Waals surface area contributed by atoms with Gasteiger partial charge in [0, 0.05) is 17.9 Å². The van der Waals surface area contributed by atoms with Gasteiger partial charge in [-0.3, -0.25) is 4.79 Å². The molecule has 0 unspecified atom stereocenters. The number of fused-ring (bicyclic) bond motifs is 3. The van der Waals surface area contributed by atoms with Gasteiger partial charge in [-0.05, 0) is 65.8 Å².